The summed E-state index contributed by atoms with van der Waals surface area (Å²) in [5, 5.41) is 19.9. The number of carbonyl (C=O) groups is 1. The molecule has 3 atom stereocenters. The van der Waals surface area contributed by atoms with Gasteiger partial charge in [0.05, 0.1) is 29.3 Å². The second kappa shape index (κ2) is 12.1. The minimum absolute atomic E-state index is 0.0372. The van der Waals surface area contributed by atoms with E-state index < -0.39 is 0 Å². The number of aliphatic hydroxyl groups is 2. The monoisotopic (exact) mass is 573 g/mol. The number of anilines is 1. The first-order chi connectivity index (χ1) is 20.1. The zero-order valence-corrected chi connectivity index (χ0v) is 25.6. The van der Waals surface area contributed by atoms with Crippen molar-refractivity contribution in [3.63, 3.8) is 0 Å². The Kier molecular flexibility index (Phi) is 8.49. The molecule has 8 nitrogen and oxygen atoms in total. The molecule has 2 fully saturated rings. The van der Waals surface area contributed by atoms with Crippen LogP contribution in [0, 0.1) is 11.3 Å². The number of ketones is 1. The Morgan fingerprint density at radius 1 is 1.05 bits per heavy atom. The maximum Gasteiger partial charge on any atom is 0.178 e. The smallest absolute Gasteiger partial charge is 0.178 e. The van der Waals surface area contributed by atoms with Gasteiger partial charge in [0.2, 0.25) is 0 Å². The Bertz CT molecular complexity index is 1310. The van der Waals surface area contributed by atoms with Crippen molar-refractivity contribution in [1.29, 1.82) is 0 Å². The molecule has 4 aliphatic rings. The Balaban J connectivity index is 1.16. The molecule has 0 saturated carbocycles. The van der Waals surface area contributed by atoms with Gasteiger partial charge < -0.3 is 20.0 Å². The van der Waals surface area contributed by atoms with Crippen LogP contribution >= 0.6 is 0 Å². The summed E-state index contributed by atoms with van der Waals surface area (Å²) in [6.07, 6.45) is 8.80. The highest BCUT2D eigenvalue weighted by Crippen LogP contribution is 2.39. The minimum Gasteiger partial charge on any atom is -0.393 e. The fraction of sp³-hybridized carbons (Fsp3) is 0.647. The predicted molar refractivity (Wildman–Crippen MR) is 166 cm³/mol. The number of carbonyl (C=O) groups excluding carboxylic acids is 1. The topological polar surface area (TPSA) is 102 Å². The highest BCUT2D eigenvalue weighted by atomic mass is 16.3. The number of piperidine rings is 1. The highest BCUT2D eigenvalue weighted by Gasteiger charge is 2.32. The SMILES string of the molecule is CC(C)(C)[C@H]1CCc2nc3c(cc2C1)N=C(C(=O)C[C@H](CCN1CCC(O)CC1)c1ccc(N2CCC(O)C2)nc1)C3. The molecule has 3 aliphatic heterocycles. The number of Topliss-reactive ketones (excluding diaryl/α,β-unsaturated/α-hetero) is 1. The molecule has 5 heterocycles. The molecular weight excluding hydrogens is 526 g/mol. The van der Waals surface area contributed by atoms with E-state index in [2.05, 4.69) is 42.7 Å². The van der Waals surface area contributed by atoms with Crippen LogP contribution in [-0.4, -0.2) is 81.5 Å². The van der Waals surface area contributed by atoms with Gasteiger partial charge in [-0.15, -0.1) is 0 Å². The molecule has 0 spiro atoms. The number of likely N-dealkylation sites (tertiary alicyclic amines) is 1. The number of hydrogen-bond acceptors (Lipinski definition) is 8. The fourth-order valence-corrected chi connectivity index (χ4v) is 7.15. The number of aliphatic hydroxyl groups excluding tert-OH is 2. The first-order valence-electron chi connectivity index (χ1n) is 16.0. The maximum absolute atomic E-state index is 13.7. The summed E-state index contributed by atoms with van der Waals surface area (Å²) >= 11 is 0. The molecule has 0 aromatic carbocycles. The zero-order chi connectivity index (χ0) is 29.4. The average molecular weight is 574 g/mol. The highest BCUT2D eigenvalue weighted by molar-refractivity contribution is 6.41. The number of β-amino-alcohol motifs (C(OH)–C–C–N with tert-alkyl or cyclic N) is 1. The maximum atomic E-state index is 13.7. The number of aliphatic imine (C=N–C) groups is 1. The van der Waals surface area contributed by atoms with Crippen LogP contribution in [-0.2, 0) is 24.1 Å². The third-order valence-electron chi connectivity index (χ3n) is 10.1. The predicted octanol–water partition coefficient (Wildman–Crippen LogP) is 4.42. The second-order valence-electron chi connectivity index (χ2n) is 14.1. The van der Waals surface area contributed by atoms with E-state index in [4.69, 9.17) is 15.0 Å². The minimum atomic E-state index is -0.295. The Morgan fingerprint density at radius 3 is 2.52 bits per heavy atom. The van der Waals surface area contributed by atoms with Crippen LogP contribution < -0.4 is 4.90 Å². The molecule has 0 bridgehead atoms. The van der Waals surface area contributed by atoms with Crippen molar-refractivity contribution in [3.8, 4) is 0 Å². The normalized spacial score (nSPS) is 23.9. The van der Waals surface area contributed by atoms with E-state index in [1.54, 1.807) is 0 Å². The third kappa shape index (κ3) is 6.61. The number of hydrogen-bond donors (Lipinski definition) is 2. The van der Waals surface area contributed by atoms with Gasteiger partial charge in [0.15, 0.2) is 5.78 Å². The summed E-state index contributed by atoms with van der Waals surface area (Å²) in [5.74, 6) is 1.65. The molecule has 6 rings (SSSR count). The Hall–Kier alpha value is -2.68. The van der Waals surface area contributed by atoms with Gasteiger partial charge in [-0.3, -0.25) is 9.78 Å². The molecule has 0 radical (unpaired) electrons. The Morgan fingerprint density at radius 2 is 1.83 bits per heavy atom. The van der Waals surface area contributed by atoms with Crippen LogP contribution in [0.3, 0.4) is 0 Å². The average Bonchev–Trinajstić information content (AvgIpc) is 3.60. The third-order valence-corrected chi connectivity index (χ3v) is 10.1. The van der Waals surface area contributed by atoms with Gasteiger partial charge in [0.1, 0.15) is 5.82 Å². The number of aromatic nitrogens is 2. The molecule has 0 amide bonds. The number of fused-ring (bicyclic) bond motifs is 2. The van der Waals surface area contributed by atoms with Crippen LogP contribution in [0.4, 0.5) is 11.5 Å². The van der Waals surface area contributed by atoms with Crippen LogP contribution in [0.15, 0.2) is 29.4 Å². The van der Waals surface area contributed by atoms with E-state index in [0.717, 1.165) is 93.9 Å². The lowest BCUT2D eigenvalue weighted by Gasteiger charge is -2.34. The molecule has 226 valence electrons. The second-order valence-corrected chi connectivity index (χ2v) is 14.1. The lowest BCUT2D eigenvalue weighted by atomic mass is 9.71. The molecule has 2 aromatic heterocycles. The summed E-state index contributed by atoms with van der Waals surface area (Å²) in [7, 11) is 0. The number of nitrogens with zero attached hydrogens (tertiary/aromatic N) is 5. The molecule has 42 heavy (non-hydrogen) atoms. The summed E-state index contributed by atoms with van der Waals surface area (Å²) in [5.41, 5.74) is 6.31. The van der Waals surface area contributed by atoms with Crippen molar-refractivity contribution in [1.82, 2.24) is 14.9 Å². The summed E-state index contributed by atoms with van der Waals surface area (Å²) in [6.45, 7) is 11.1. The quantitative estimate of drug-likeness (QED) is 0.482. The van der Waals surface area contributed by atoms with E-state index in [1.807, 2.05) is 12.3 Å². The zero-order valence-electron chi connectivity index (χ0n) is 25.6. The molecule has 8 heteroatoms. The van der Waals surface area contributed by atoms with Crippen molar-refractivity contribution in [3.05, 3.63) is 46.9 Å². The lowest BCUT2D eigenvalue weighted by Crippen LogP contribution is -2.37. The van der Waals surface area contributed by atoms with E-state index in [1.165, 1.54) is 11.3 Å². The molecule has 2 N–H and O–H groups in total. The van der Waals surface area contributed by atoms with Crippen LogP contribution in [0.25, 0.3) is 0 Å². The van der Waals surface area contributed by atoms with Gasteiger partial charge in [0, 0.05) is 50.9 Å². The van der Waals surface area contributed by atoms with E-state index >= 15 is 0 Å². The van der Waals surface area contributed by atoms with Crippen LogP contribution in [0.2, 0.25) is 0 Å². The first kappa shape index (κ1) is 29.4. The largest absolute Gasteiger partial charge is 0.393 e. The van der Waals surface area contributed by atoms with Crippen molar-refractivity contribution in [2.75, 3.05) is 37.6 Å². The molecular formula is C34H47N5O3. The first-order valence-corrected chi connectivity index (χ1v) is 16.0. The van der Waals surface area contributed by atoms with Crippen molar-refractivity contribution < 1.29 is 15.0 Å². The van der Waals surface area contributed by atoms with Gasteiger partial charge in [-0.25, -0.2) is 9.98 Å². The van der Waals surface area contributed by atoms with Gasteiger partial charge in [-0.1, -0.05) is 26.8 Å². The summed E-state index contributed by atoms with van der Waals surface area (Å²) in [6, 6.07) is 6.35. The van der Waals surface area contributed by atoms with Crippen molar-refractivity contribution >= 4 is 23.0 Å². The van der Waals surface area contributed by atoms with Gasteiger partial charge in [-0.05, 0) is 92.0 Å². The number of rotatable bonds is 8. The van der Waals surface area contributed by atoms with Crippen molar-refractivity contribution in [2.45, 2.75) is 96.7 Å². The Labute approximate surface area is 250 Å². The van der Waals surface area contributed by atoms with Crippen LogP contribution in [0.1, 0.15) is 87.7 Å². The van der Waals surface area contributed by atoms with Crippen molar-refractivity contribution in [2.24, 2.45) is 16.3 Å². The van der Waals surface area contributed by atoms with Crippen LogP contribution in [0.5, 0.6) is 0 Å². The number of pyridine rings is 2. The van der Waals surface area contributed by atoms with E-state index in [0.29, 0.717) is 31.0 Å². The molecule has 1 unspecified atom stereocenters. The molecule has 2 saturated heterocycles. The molecule has 2 aromatic rings. The van der Waals surface area contributed by atoms with E-state index in [9.17, 15) is 15.0 Å². The molecule has 1 aliphatic carbocycles. The van der Waals surface area contributed by atoms with Gasteiger partial charge in [-0.2, -0.15) is 0 Å². The van der Waals surface area contributed by atoms with Gasteiger partial charge in [0.25, 0.3) is 0 Å². The summed E-state index contributed by atoms with van der Waals surface area (Å²) < 4.78 is 0. The van der Waals surface area contributed by atoms with Gasteiger partial charge >= 0.3 is 0 Å². The standard InChI is InChI=1S/C34H47N5O3/c1-34(2,3)25-5-6-28-24(16-25)17-29-30(36-28)19-31(37-29)32(42)18-22(8-12-38-13-9-26(40)10-14-38)23-4-7-33(35-20-23)39-15-11-27(41)21-39/h4,7,17,20,22,25-27,40-41H,5-6,8-16,18-19,21H2,1-3H3/t22-,25-,27?/m0/s1. The summed E-state index contributed by atoms with van der Waals surface area (Å²) in [4.78, 5) is 32.9. The number of aryl methyl sites for hydroxylation is 1. The van der Waals surface area contributed by atoms with E-state index in [-0.39, 0.29) is 29.3 Å². The lowest BCUT2D eigenvalue weighted by molar-refractivity contribution is -0.113. The fourth-order valence-electron chi connectivity index (χ4n) is 7.15.